The zero-order chi connectivity index (χ0) is 17.1. The Kier molecular flexibility index (Phi) is 4.30. The maximum atomic E-state index is 10.7. The second-order valence-electron chi connectivity index (χ2n) is 4.90. The van der Waals surface area contributed by atoms with Crippen LogP contribution in [-0.4, -0.2) is 26.1 Å². The van der Waals surface area contributed by atoms with Gasteiger partial charge in [-0.1, -0.05) is 28.9 Å². The van der Waals surface area contributed by atoms with Crippen LogP contribution in [0.2, 0.25) is 5.02 Å². The van der Waals surface area contributed by atoms with Crippen LogP contribution in [0, 0.1) is 10.1 Å². The number of hydrogen-bond donors (Lipinski definition) is 1. The fourth-order valence-electron chi connectivity index (χ4n) is 2.20. The predicted molar refractivity (Wildman–Crippen MR) is 86.5 cm³/mol. The summed E-state index contributed by atoms with van der Waals surface area (Å²) in [5.41, 5.74) is 1.77. The van der Waals surface area contributed by atoms with Crippen LogP contribution < -0.4 is 0 Å². The van der Waals surface area contributed by atoms with Crippen molar-refractivity contribution in [3.63, 3.8) is 0 Å². The Morgan fingerprint density at radius 1 is 1.33 bits per heavy atom. The number of benzene rings is 1. The van der Waals surface area contributed by atoms with E-state index in [1.165, 1.54) is 18.3 Å². The van der Waals surface area contributed by atoms with Crippen LogP contribution >= 0.6 is 11.6 Å². The van der Waals surface area contributed by atoms with Gasteiger partial charge in [0.15, 0.2) is 5.76 Å². The molecule has 0 fully saturated rings. The Hall–Kier alpha value is -3.13. The second-order valence-corrected chi connectivity index (χ2v) is 5.33. The van der Waals surface area contributed by atoms with Crippen LogP contribution in [-0.2, 0) is 6.54 Å². The third-order valence-corrected chi connectivity index (χ3v) is 3.50. The lowest BCUT2D eigenvalue weighted by Gasteiger charge is -2.01. The van der Waals surface area contributed by atoms with Crippen molar-refractivity contribution in [3.05, 3.63) is 68.9 Å². The van der Waals surface area contributed by atoms with Crippen LogP contribution in [0.25, 0.3) is 11.5 Å². The Balaban J connectivity index is 1.94. The third kappa shape index (κ3) is 3.28. The zero-order valence-electron chi connectivity index (χ0n) is 12.2. The number of oxime groups is 1. The van der Waals surface area contributed by atoms with E-state index in [1.54, 1.807) is 23.0 Å². The van der Waals surface area contributed by atoms with Crippen LogP contribution in [0.3, 0.4) is 0 Å². The number of rotatable bonds is 5. The van der Waals surface area contributed by atoms with Gasteiger partial charge in [0.2, 0.25) is 0 Å². The van der Waals surface area contributed by atoms with Crippen LogP contribution in [0.1, 0.15) is 11.1 Å². The molecule has 0 aliphatic carbocycles. The molecule has 0 atom stereocenters. The van der Waals surface area contributed by atoms with Gasteiger partial charge in [0.25, 0.3) is 0 Å². The molecule has 122 valence electrons. The molecular formula is C15H11ClN4O4. The summed E-state index contributed by atoms with van der Waals surface area (Å²) in [6.45, 7) is 0.451. The van der Waals surface area contributed by atoms with Crippen molar-refractivity contribution in [2.24, 2.45) is 5.16 Å². The maximum Gasteiger partial charge on any atom is 0.433 e. The van der Waals surface area contributed by atoms with E-state index in [0.717, 1.165) is 5.56 Å². The highest BCUT2D eigenvalue weighted by atomic mass is 35.5. The number of furan rings is 1. The van der Waals surface area contributed by atoms with Gasteiger partial charge in [-0.3, -0.25) is 14.8 Å². The Morgan fingerprint density at radius 3 is 2.71 bits per heavy atom. The summed E-state index contributed by atoms with van der Waals surface area (Å²) in [5, 5.41) is 27.5. The fourth-order valence-corrected chi connectivity index (χ4v) is 2.32. The summed E-state index contributed by atoms with van der Waals surface area (Å²) in [6.07, 6.45) is 2.84. The van der Waals surface area contributed by atoms with E-state index in [1.807, 2.05) is 12.1 Å². The van der Waals surface area contributed by atoms with Gasteiger partial charge >= 0.3 is 5.88 Å². The molecule has 3 aromatic rings. The summed E-state index contributed by atoms with van der Waals surface area (Å²) in [6, 6.07) is 9.96. The number of aromatic nitrogens is 2. The quantitative estimate of drug-likeness (QED) is 0.329. The maximum absolute atomic E-state index is 10.7. The van der Waals surface area contributed by atoms with Crippen LogP contribution in [0.5, 0.6) is 0 Å². The lowest BCUT2D eigenvalue weighted by atomic mass is 10.2. The summed E-state index contributed by atoms with van der Waals surface area (Å²) >= 11 is 5.86. The highest BCUT2D eigenvalue weighted by molar-refractivity contribution is 6.30. The minimum Gasteiger partial charge on any atom is -0.411 e. The van der Waals surface area contributed by atoms with E-state index in [4.69, 9.17) is 21.2 Å². The van der Waals surface area contributed by atoms with E-state index in [9.17, 15) is 10.1 Å². The molecule has 0 saturated heterocycles. The molecule has 0 bridgehead atoms. The molecule has 8 nitrogen and oxygen atoms in total. The predicted octanol–water partition coefficient (Wildman–Crippen LogP) is 3.56. The molecule has 2 aromatic heterocycles. The van der Waals surface area contributed by atoms with Crippen molar-refractivity contribution in [2.45, 2.75) is 6.54 Å². The monoisotopic (exact) mass is 346 g/mol. The van der Waals surface area contributed by atoms with Crippen molar-refractivity contribution >= 4 is 23.7 Å². The van der Waals surface area contributed by atoms with Gasteiger partial charge in [-0.25, -0.2) is 0 Å². The zero-order valence-corrected chi connectivity index (χ0v) is 12.9. The molecule has 1 aromatic carbocycles. The molecule has 0 spiro atoms. The van der Waals surface area contributed by atoms with Crippen molar-refractivity contribution in [1.29, 1.82) is 0 Å². The molecular weight excluding hydrogens is 336 g/mol. The highest BCUT2D eigenvalue weighted by Crippen LogP contribution is 2.27. The molecule has 9 heteroatoms. The van der Waals surface area contributed by atoms with Crippen molar-refractivity contribution in [2.75, 3.05) is 0 Å². The van der Waals surface area contributed by atoms with Gasteiger partial charge < -0.3 is 9.62 Å². The highest BCUT2D eigenvalue weighted by Gasteiger charge is 2.18. The standard InChI is InChI=1S/C15H11ClN4O4/c16-12-3-1-10(2-4-12)8-19-9-11(7-17-21)15(18-19)13-5-6-14(24-13)20(22)23/h1-7,9,21H,8H2. The number of nitro groups is 1. The smallest absolute Gasteiger partial charge is 0.411 e. The summed E-state index contributed by atoms with van der Waals surface area (Å²) in [5.74, 6) is -0.171. The third-order valence-electron chi connectivity index (χ3n) is 3.25. The van der Waals surface area contributed by atoms with E-state index in [0.29, 0.717) is 22.8 Å². The molecule has 0 radical (unpaired) electrons. The van der Waals surface area contributed by atoms with E-state index in [2.05, 4.69) is 10.3 Å². The molecule has 3 rings (SSSR count). The molecule has 0 aliphatic heterocycles. The molecule has 2 heterocycles. The SMILES string of the molecule is O=[N+]([O-])c1ccc(-c2nn(Cc3ccc(Cl)cc3)cc2C=NO)o1. The molecule has 0 aliphatic rings. The fraction of sp³-hybridized carbons (Fsp3) is 0.0667. The van der Waals surface area contributed by atoms with E-state index >= 15 is 0 Å². The largest absolute Gasteiger partial charge is 0.433 e. The Labute approximate surface area is 140 Å². The van der Waals surface area contributed by atoms with Gasteiger partial charge in [0.05, 0.1) is 18.8 Å². The molecule has 0 unspecified atom stereocenters. The topological polar surface area (TPSA) is 107 Å². The van der Waals surface area contributed by atoms with Crippen molar-refractivity contribution in [3.8, 4) is 11.5 Å². The van der Waals surface area contributed by atoms with Gasteiger partial charge in [-0.2, -0.15) is 5.10 Å². The number of halogens is 1. The first-order valence-corrected chi connectivity index (χ1v) is 7.18. The molecule has 1 N–H and O–H groups in total. The van der Waals surface area contributed by atoms with E-state index < -0.39 is 4.92 Å². The van der Waals surface area contributed by atoms with Gasteiger partial charge in [0.1, 0.15) is 10.6 Å². The van der Waals surface area contributed by atoms with Crippen LogP contribution in [0.4, 0.5) is 5.88 Å². The normalized spacial score (nSPS) is 11.2. The lowest BCUT2D eigenvalue weighted by molar-refractivity contribution is -0.401. The van der Waals surface area contributed by atoms with Crippen LogP contribution in [0.15, 0.2) is 52.2 Å². The lowest BCUT2D eigenvalue weighted by Crippen LogP contribution is -2.00. The second kappa shape index (κ2) is 6.55. The summed E-state index contributed by atoms with van der Waals surface area (Å²) in [4.78, 5) is 10.1. The number of nitrogens with zero attached hydrogens (tertiary/aromatic N) is 4. The van der Waals surface area contributed by atoms with Crippen molar-refractivity contribution < 1.29 is 14.5 Å². The average Bonchev–Trinajstić information content (AvgIpc) is 3.17. The Morgan fingerprint density at radius 2 is 2.08 bits per heavy atom. The van der Waals surface area contributed by atoms with Gasteiger partial charge in [0, 0.05) is 16.8 Å². The first-order valence-electron chi connectivity index (χ1n) is 6.81. The first-order chi connectivity index (χ1) is 11.6. The number of hydrogen-bond acceptors (Lipinski definition) is 6. The van der Waals surface area contributed by atoms with Crippen molar-refractivity contribution in [1.82, 2.24) is 9.78 Å². The molecule has 24 heavy (non-hydrogen) atoms. The van der Waals surface area contributed by atoms with E-state index in [-0.39, 0.29) is 11.6 Å². The Bertz CT molecular complexity index is 899. The average molecular weight is 347 g/mol. The first kappa shape index (κ1) is 15.8. The summed E-state index contributed by atoms with van der Waals surface area (Å²) < 4.78 is 6.78. The van der Waals surface area contributed by atoms with Gasteiger partial charge in [-0.05, 0) is 23.8 Å². The minimum atomic E-state index is -0.631. The van der Waals surface area contributed by atoms with Gasteiger partial charge in [-0.15, -0.1) is 0 Å². The molecule has 0 amide bonds. The molecule has 0 saturated carbocycles. The summed E-state index contributed by atoms with van der Waals surface area (Å²) in [7, 11) is 0. The minimum absolute atomic E-state index is 0.214.